The fraction of sp³-hybridized carbons (Fsp3) is 0.591. The first kappa shape index (κ1) is 22.7. The second kappa shape index (κ2) is 8.82. The van der Waals surface area contributed by atoms with E-state index in [1.807, 2.05) is 0 Å². The topological polar surface area (TPSA) is 116 Å². The van der Waals surface area contributed by atoms with Crippen LogP contribution in [0.1, 0.15) is 51.9 Å². The van der Waals surface area contributed by atoms with Gasteiger partial charge in [0.2, 0.25) is 15.9 Å². The van der Waals surface area contributed by atoms with E-state index in [0.29, 0.717) is 37.5 Å². The van der Waals surface area contributed by atoms with Gasteiger partial charge < -0.3 is 10.6 Å². The van der Waals surface area contributed by atoms with Crippen LogP contribution < -0.4 is 10.6 Å². The lowest BCUT2D eigenvalue weighted by atomic mass is 9.75. The minimum atomic E-state index is -3.61. The first-order valence-electron chi connectivity index (χ1n) is 11.3. The lowest BCUT2D eigenvalue weighted by Gasteiger charge is -2.34. The van der Waals surface area contributed by atoms with Gasteiger partial charge in [-0.2, -0.15) is 4.31 Å². The number of nitrogens with zero attached hydrogens (tertiary/aromatic N) is 2. The first-order chi connectivity index (χ1) is 15.2. The van der Waals surface area contributed by atoms with Crippen LogP contribution in [-0.4, -0.2) is 60.6 Å². The minimum Gasteiger partial charge on any atom is -0.324 e. The van der Waals surface area contributed by atoms with Crippen molar-refractivity contribution < 1.29 is 22.8 Å². The summed E-state index contributed by atoms with van der Waals surface area (Å²) in [5.74, 6) is -0.340. The second-order valence-electron chi connectivity index (χ2n) is 8.94. The third-order valence-corrected chi connectivity index (χ3v) is 8.80. The molecule has 1 spiro atoms. The zero-order valence-corrected chi connectivity index (χ0v) is 19.1. The number of nitrogens with one attached hydrogen (secondary N) is 2. The molecule has 4 amide bonds. The molecule has 4 rings (SSSR count). The fourth-order valence-corrected chi connectivity index (χ4v) is 6.46. The van der Waals surface area contributed by atoms with Crippen LogP contribution in [0.2, 0.25) is 0 Å². The van der Waals surface area contributed by atoms with Crippen molar-refractivity contribution in [3.8, 4) is 0 Å². The summed E-state index contributed by atoms with van der Waals surface area (Å²) in [6.45, 7) is 2.70. The van der Waals surface area contributed by atoms with Gasteiger partial charge in [-0.1, -0.05) is 19.4 Å². The lowest BCUT2D eigenvalue weighted by Crippen LogP contribution is -2.49. The maximum absolute atomic E-state index is 13.0. The van der Waals surface area contributed by atoms with E-state index >= 15 is 0 Å². The largest absolute Gasteiger partial charge is 0.325 e. The molecule has 0 unspecified atom stereocenters. The van der Waals surface area contributed by atoms with Crippen molar-refractivity contribution in [3.63, 3.8) is 0 Å². The number of rotatable bonds is 6. The molecule has 9 nitrogen and oxygen atoms in total. The number of hydrogen-bond donors (Lipinski definition) is 2. The molecule has 2 heterocycles. The van der Waals surface area contributed by atoms with Gasteiger partial charge in [0.15, 0.2) is 0 Å². The van der Waals surface area contributed by atoms with Crippen molar-refractivity contribution in [1.82, 2.24) is 14.5 Å². The summed E-state index contributed by atoms with van der Waals surface area (Å²) >= 11 is 0. The molecule has 1 aromatic rings. The Morgan fingerprint density at radius 1 is 1.19 bits per heavy atom. The van der Waals surface area contributed by atoms with Gasteiger partial charge in [-0.3, -0.25) is 14.5 Å². The Labute approximate surface area is 188 Å². The molecule has 174 valence electrons. The van der Waals surface area contributed by atoms with Gasteiger partial charge in [0.25, 0.3) is 5.91 Å². The Morgan fingerprint density at radius 3 is 2.53 bits per heavy atom. The fourth-order valence-electron chi connectivity index (χ4n) is 4.89. The summed E-state index contributed by atoms with van der Waals surface area (Å²) in [6, 6.07) is 5.50. The predicted molar refractivity (Wildman–Crippen MR) is 118 cm³/mol. The van der Waals surface area contributed by atoms with Gasteiger partial charge in [0.05, 0.1) is 4.90 Å². The van der Waals surface area contributed by atoms with E-state index in [9.17, 15) is 22.8 Å². The van der Waals surface area contributed by atoms with Crippen LogP contribution in [0.25, 0.3) is 0 Å². The van der Waals surface area contributed by atoms with E-state index < -0.39 is 34.0 Å². The van der Waals surface area contributed by atoms with E-state index in [2.05, 4.69) is 17.6 Å². The zero-order chi connectivity index (χ0) is 22.9. The van der Waals surface area contributed by atoms with Gasteiger partial charge in [0, 0.05) is 18.8 Å². The van der Waals surface area contributed by atoms with Crippen molar-refractivity contribution in [3.05, 3.63) is 24.3 Å². The van der Waals surface area contributed by atoms with Gasteiger partial charge in [-0.15, -0.1) is 0 Å². The van der Waals surface area contributed by atoms with Crippen LogP contribution in [0.5, 0.6) is 0 Å². The average molecular weight is 463 g/mol. The number of hydrogen-bond acceptors (Lipinski definition) is 5. The molecule has 0 aromatic heterocycles. The monoisotopic (exact) mass is 462 g/mol. The number of sulfonamides is 1. The highest BCUT2D eigenvalue weighted by Gasteiger charge is 2.52. The van der Waals surface area contributed by atoms with Crippen LogP contribution in [0.3, 0.4) is 0 Å². The average Bonchev–Trinajstić information content (AvgIpc) is 3.39. The number of carbonyl (C=O) groups is 3. The zero-order valence-electron chi connectivity index (χ0n) is 18.3. The standard InChI is InChI=1S/C22H30N4O5S/c1-2-16-8-10-22(11-9-16)20(28)26(21(29)24-22)15-19(27)23-17-6-5-7-18(14-17)32(30,31)25-12-3-4-13-25/h5-7,14,16H,2-4,8-13,15H2,1H3,(H,23,27)(H,24,29). The molecule has 2 N–H and O–H groups in total. The van der Waals surface area contributed by atoms with Crippen LogP contribution >= 0.6 is 0 Å². The van der Waals surface area contributed by atoms with Crippen LogP contribution in [0.15, 0.2) is 29.2 Å². The number of imide groups is 1. The smallest absolute Gasteiger partial charge is 0.324 e. The maximum atomic E-state index is 13.0. The molecule has 1 saturated carbocycles. The Balaban J connectivity index is 1.41. The quantitative estimate of drug-likeness (QED) is 0.630. The number of carbonyl (C=O) groups excluding carboxylic acids is 3. The van der Waals surface area contributed by atoms with E-state index in [1.165, 1.54) is 16.4 Å². The van der Waals surface area contributed by atoms with Crippen molar-refractivity contribution in [2.45, 2.75) is 62.3 Å². The molecule has 32 heavy (non-hydrogen) atoms. The SMILES string of the molecule is CCC1CCC2(CC1)NC(=O)N(CC(=O)Nc1cccc(S(=O)(=O)N3CCCC3)c1)C2=O. The third kappa shape index (κ3) is 4.25. The summed E-state index contributed by atoms with van der Waals surface area (Å²) in [5, 5.41) is 5.44. The molecular formula is C22H30N4O5S. The number of anilines is 1. The van der Waals surface area contributed by atoms with E-state index in [-0.39, 0.29) is 10.8 Å². The third-order valence-electron chi connectivity index (χ3n) is 6.90. The highest BCUT2D eigenvalue weighted by molar-refractivity contribution is 7.89. The number of urea groups is 1. The summed E-state index contributed by atoms with van der Waals surface area (Å²) in [6.07, 6.45) is 5.65. The van der Waals surface area contributed by atoms with E-state index in [4.69, 9.17) is 0 Å². The predicted octanol–water partition coefficient (Wildman–Crippen LogP) is 2.30. The van der Waals surface area contributed by atoms with Crippen molar-refractivity contribution in [2.75, 3.05) is 25.0 Å². The van der Waals surface area contributed by atoms with Gasteiger partial charge >= 0.3 is 6.03 Å². The molecule has 2 aliphatic heterocycles. The maximum Gasteiger partial charge on any atom is 0.325 e. The minimum absolute atomic E-state index is 0.110. The second-order valence-corrected chi connectivity index (χ2v) is 10.9. The van der Waals surface area contributed by atoms with Crippen molar-refractivity contribution in [2.24, 2.45) is 5.92 Å². The van der Waals surface area contributed by atoms with Crippen LogP contribution in [-0.2, 0) is 19.6 Å². The highest BCUT2D eigenvalue weighted by atomic mass is 32.2. The van der Waals surface area contributed by atoms with Gasteiger partial charge in [0.1, 0.15) is 12.1 Å². The molecule has 10 heteroatoms. The summed E-state index contributed by atoms with van der Waals surface area (Å²) in [5.41, 5.74) is -0.590. The van der Waals surface area contributed by atoms with Crippen LogP contribution in [0.4, 0.5) is 10.5 Å². The Hall–Kier alpha value is -2.46. The van der Waals surface area contributed by atoms with Gasteiger partial charge in [-0.25, -0.2) is 13.2 Å². The Kier molecular flexibility index (Phi) is 6.26. The molecule has 0 radical (unpaired) electrons. The normalized spacial score (nSPS) is 26.5. The van der Waals surface area contributed by atoms with Crippen LogP contribution in [0, 0.1) is 5.92 Å². The Morgan fingerprint density at radius 2 is 1.88 bits per heavy atom. The lowest BCUT2D eigenvalue weighted by molar-refractivity contribution is -0.135. The molecule has 1 aromatic carbocycles. The van der Waals surface area contributed by atoms with E-state index in [1.54, 1.807) is 12.1 Å². The molecule has 2 saturated heterocycles. The summed E-state index contributed by atoms with van der Waals surface area (Å²) < 4.78 is 27.0. The number of benzene rings is 1. The molecular weight excluding hydrogens is 432 g/mol. The van der Waals surface area contributed by atoms with E-state index in [0.717, 1.165) is 37.0 Å². The van der Waals surface area contributed by atoms with Gasteiger partial charge in [-0.05, 0) is 62.6 Å². The molecule has 0 bridgehead atoms. The molecule has 3 fully saturated rings. The Bertz CT molecular complexity index is 1010. The summed E-state index contributed by atoms with van der Waals surface area (Å²) in [7, 11) is -3.61. The molecule has 1 aliphatic carbocycles. The summed E-state index contributed by atoms with van der Waals surface area (Å²) in [4.78, 5) is 39.1. The van der Waals surface area contributed by atoms with Crippen molar-refractivity contribution in [1.29, 1.82) is 0 Å². The molecule has 3 aliphatic rings. The van der Waals surface area contributed by atoms with Crippen molar-refractivity contribution >= 4 is 33.6 Å². The first-order valence-corrected chi connectivity index (χ1v) is 12.7. The number of amides is 4. The highest BCUT2D eigenvalue weighted by Crippen LogP contribution is 2.37. The molecule has 0 atom stereocenters.